The molecule has 0 saturated carbocycles. The summed E-state index contributed by atoms with van der Waals surface area (Å²) >= 11 is 3.10. The van der Waals surface area contributed by atoms with Crippen LogP contribution in [0.5, 0.6) is 0 Å². The van der Waals surface area contributed by atoms with E-state index in [1.807, 2.05) is 56.3 Å². The van der Waals surface area contributed by atoms with Gasteiger partial charge in [-0.25, -0.2) is 0 Å². The van der Waals surface area contributed by atoms with Crippen molar-refractivity contribution >= 4 is 35.1 Å². The maximum Gasteiger partial charge on any atom is 0.268 e. The number of carbonyl (C=O) groups excluding carboxylic acids is 1. The van der Waals surface area contributed by atoms with Gasteiger partial charge in [0.05, 0.1) is 4.24 Å². The number of nitrogens with zero attached hydrogens (tertiary/aromatic N) is 1. The first-order valence-electron chi connectivity index (χ1n) is 10.8. The van der Waals surface area contributed by atoms with Crippen molar-refractivity contribution in [3.63, 3.8) is 0 Å². The summed E-state index contributed by atoms with van der Waals surface area (Å²) in [4.78, 5) is 13.2. The van der Waals surface area contributed by atoms with Crippen LogP contribution < -0.4 is 5.32 Å². The van der Waals surface area contributed by atoms with Crippen molar-refractivity contribution in [1.82, 2.24) is 0 Å². The third-order valence-corrected chi connectivity index (χ3v) is 7.97. The standard InChI is InChI=1S/C28H28N2OS2/c1-19-13-14-22(4)26(15-19)30-27(31)25(16-29)28(32-17-23-11-7-5-9-20(23)2)33-18-24-12-8-6-10-21(24)3/h5-15H,17-18H2,1-4H3,(H,30,31). The molecule has 0 aliphatic heterocycles. The molecule has 0 heterocycles. The van der Waals surface area contributed by atoms with E-state index in [0.717, 1.165) is 21.1 Å². The van der Waals surface area contributed by atoms with Gasteiger partial charge in [0.25, 0.3) is 5.91 Å². The number of amides is 1. The quantitative estimate of drug-likeness (QED) is 0.273. The Morgan fingerprint density at radius 3 is 1.88 bits per heavy atom. The highest BCUT2D eigenvalue weighted by Gasteiger charge is 2.19. The molecule has 0 fully saturated rings. The highest BCUT2D eigenvalue weighted by atomic mass is 32.2. The Morgan fingerprint density at radius 2 is 1.36 bits per heavy atom. The van der Waals surface area contributed by atoms with Gasteiger partial charge in [0.2, 0.25) is 0 Å². The first kappa shape index (κ1) is 24.7. The number of hydrogen-bond acceptors (Lipinski definition) is 4. The van der Waals surface area contributed by atoms with Crippen molar-refractivity contribution in [2.45, 2.75) is 39.2 Å². The molecule has 0 aromatic heterocycles. The number of hydrogen-bond donors (Lipinski definition) is 1. The van der Waals surface area contributed by atoms with Crippen LogP contribution in [0.4, 0.5) is 5.69 Å². The molecule has 0 aliphatic carbocycles. The van der Waals surface area contributed by atoms with Crippen LogP contribution in [0.3, 0.4) is 0 Å². The van der Waals surface area contributed by atoms with E-state index in [1.165, 1.54) is 22.3 Å². The predicted octanol–water partition coefficient (Wildman–Crippen LogP) is 7.46. The fraction of sp³-hybridized carbons (Fsp3) is 0.214. The fourth-order valence-electron chi connectivity index (χ4n) is 3.26. The molecule has 1 N–H and O–H groups in total. The van der Waals surface area contributed by atoms with E-state index < -0.39 is 0 Å². The smallest absolute Gasteiger partial charge is 0.268 e. The molecule has 3 aromatic rings. The molecule has 0 spiro atoms. The van der Waals surface area contributed by atoms with Gasteiger partial charge in [-0.3, -0.25) is 4.79 Å². The number of nitriles is 1. The van der Waals surface area contributed by atoms with Crippen LogP contribution >= 0.6 is 23.5 Å². The van der Waals surface area contributed by atoms with Crippen LogP contribution in [-0.2, 0) is 16.3 Å². The van der Waals surface area contributed by atoms with Crippen LogP contribution in [0, 0.1) is 39.0 Å². The molecule has 0 atom stereocenters. The summed E-state index contributed by atoms with van der Waals surface area (Å²) in [6.07, 6.45) is 0. The maximum atomic E-state index is 13.2. The van der Waals surface area contributed by atoms with Gasteiger partial charge in [-0.1, -0.05) is 60.7 Å². The zero-order valence-electron chi connectivity index (χ0n) is 19.4. The van der Waals surface area contributed by atoms with Crippen LogP contribution in [0.25, 0.3) is 0 Å². The van der Waals surface area contributed by atoms with E-state index in [4.69, 9.17) is 0 Å². The number of aryl methyl sites for hydroxylation is 4. The molecule has 0 aliphatic rings. The molecule has 3 aromatic carbocycles. The van der Waals surface area contributed by atoms with Gasteiger partial charge < -0.3 is 5.32 Å². The number of benzene rings is 3. The van der Waals surface area contributed by atoms with E-state index in [9.17, 15) is 10.1 Å². The average molecular weight is 473 g/mol. The third-order valence-electron chi connectivity index (χ3n) is 5.42. The van der Waals surface area contributed by atoms with Crippen LogP contribution in [0.15, 0.2) is 76.5 Å². The molecule has 0 radical (unpaired) electrons. The lowest BCUT2D eigenvalue weighted by Gasteiger charge is -2.14. The topological polar surface area (TPSA) is 52.9 Å². The van der Waals surface area contributed by atoms with E-state index in [1.54, 1.807) is 23.5 Å². The van der Waals surface area contributed by atoms with Crippen molar-refractivity contribution in [2.24, 2.45) is 0 Å². The molecular formula is C28H28N2OS2. The van der Waals surface area contributed by atoms with Gasteiger partial charge >= 0.3 is 0 Å². The molecule has 5 heteroatoms. The lowest BCUT2D eigenvalue weighted by Crippen LogP contribution is -2.15. The van der Waals surface area contributed by atoms with Crippen LogP contribution in [-0.4, -0.2) is 5.91 Å². The Labute approximate surface area is 205 Å². The SMILES string of the molecule is Cc1ccc(C)c(NC(=O)C(C#N)=C(SCc2ccccc2C)SCc2ccccc2C)c1. The summed E-state index contributed by atoms with van der Waals surface area (Å²) < 4.78 is 0.742. The van der Waals surface area contributed by atoms with Crippen molar-refractivity contribution < 1.29 is 4.79 Å². The summed E-state index contributed by atoms with van der Waals surface area (Å²) in [5.41, 5.74) is 7.72. The van der Waals surface area contributed by atoms with E-state index >= 15 is 0 Å². The van der Waals surface area contributed by atoms with Crippen LogP contribution in [0.2, 0.25) is 0 Å². The molecule has 1 amide bonds. The highest BCUT2D eigenvalue weighted by Crippen LogP contribution is 2.37. The molecule has 0 unspecified atom stereocenters. The maximum absolute atomic E-state index is 13.2. The summed E-state index contributed by atoms with van der Waals surface area (Å²) in [6, 6.07) is 24.5. The zero-order chi connectivity index (χ0) is 23.8. The number of rotatable bonds is 8. The Balaban J connectivity index is 1.90. The number of carbonyl (C=O) groups is 1. The molecule has 0 bridgehead atoms. The molecule has 3 nitrogen and oxygen atoms in total. The Morgan fingerprint density at radius 1 is 0.818 bits per heavy atom. The lowest BCUT2D eigenvalue weighted by atomic mass is 10.1. The summed E-state index contributed by atoms with van der Waals surface area (Å²) in [7, 11) is 0. The minimum Gasteiger partial charge on any atom is -0.321 e. The fourth-order valence-corrected chi connectivity index (χ4v) is 5.73. The second-order valence-corrected chi connectivity index (χ2v) is 10.2. The molecule has 33 heavy (non-hydrogen) atoms. The first-order chi connectivity index (χ1) is 15.9. The minimum atomic E-state index is -0.365. The van der Waals surface area contributed by atoms with E-state index in [-0.39, 0.29) is 11.5 Å². The van der Waals surface area contributed by atoms with E-state index in [2.05, 4.69) is 49.5 Å². The second kappa shape index (κ2) is 11.8. The highest BCUT2D eigenvalue weighted by molar-refractivity contribution is 8.21. The first-order valence-corrected chi connectivity index (χ1v) is 12.7. The summed E-state index contributed by atoms with van der Waals surface area (Å²) in [5, 5.41) is 12.9. The molecule has 0 saturated heterocycles. The van der Waals surface area contributed by atoms with E-state index in [0.29, 0.717) is 11.5 Å². The number of anilines is 1. The van der Waals surface area contributed by atoms with Crippen molar-refractivity contribution in [2.75, 3.05) is 5.32 Å². The molecular weight excluding hydrogens is 444 g/mol. The number of thioether (sulfide) groups is 2. The number of nitrogens with one attached hydrogen (secondary N) is 1. The van der Waals surface area contributed by atoms with Crippen molar-refractivity contribution in [3.05, 3.63) is 110 Å². The average Bonchev–Trinajstić information content (AvgIpc) is 2.80. The predicted molar refractivity (Wildman–Crippen MR) is 142 cm³/mol. The van der Waals surface area contributed by atoms with Crippen molar-refractivity contribution in [3.8, 4) is 6.07 Å². The Hall–Kier alpha value is -2.94. The van der Waals surface area contributed by atoms with Gasteiger partial charge in [-0.2, -0.15) is 5.26 Å². The lowest BCUT2D eigenvalue weighted by molar-refractivity contribution is -0.112. The summed E-state index contributed by atoms with van der Waals surface area (Å²) in [6.45, 7) is 8.10. The molecule has 168 valence electrons. The Kier molecular flexibility index (Phi) is 8.82. The minimum absolute atomic E-state index is 0.160. The Bertz CT molecular complexity index is 1170. The zero-order valence-corrected chi connectivity index (χ0v) is 21.1. The second-order valence-electron chi connectivity index (χ2n) is 7.98. The van der Waals surface area contributed by atoms with Gasteiger partial charge in [0.15, 0.2) is 0 Å². The van der Waals surface area contributed by atoms with Gasteiger partial charge in [-0.15, -0.1) is 23.5 Å². The van der Waals surface area contributed by atoms with Crippen molar-refractivity contribution in [1.29, 1.82) is 5.26 Å². The largest absolute Gasteiger partial charge is 0.321 e. The normalized spacial score (nSPS) is 10.4. The van der Waals surface area contributed by atoms with Crippen LogP contribution in [0.1, 0.15) is 33.4 Å². The van der Waals surface area contributed by atoms with Gasteiger partial charge in [0.1, 0.15) is 11.6 Å². The third kappa shape index (κ3) is 6.77. The molecule has 3 rings (SSSR count). The summed E-state index contributed by atoms with van der Waals surface area (Å²) in [5.74, 6) is 1.03. The van der Waals surface area contributed by atoms with Gasteiger partial charge in [0, 0.05) is 17.2 Å². The van der Waals surface area contributed by atoms with Gasteiger partial charge in [-0.05, 0) is 67.1 Å². The monoisotopic (exact) mass is 472 g/mol.